The number of aromatic nitrogens is 5. The number of carbonyl (C=O) groups is 8. The van der Waals surface area contributed by atoms with Gasteiger partial charge in [-0.15, -0.1) is 0 Å². The molecule has 12 fully saturated rings. The summed E-state index contributed by atoms with van der Waals surface area (Å²) in [4.78, 5) is 110. The largest absolute Gasteiger partial charge is 0.370 e. The molecule has 8 atom stereocenters. The number of rotatable bonds is 20. The van der Waals surface area contributed by atoms with Crippen molar-refractivity contribution in [1.29, 1.82) is 0 Å². The van der Waals surface area contributed by atoms with Crippen LogP contribution in [0.5, 0.6) is 0 Å². The first kappa shape index (κ1) is 89.2. The van der Waals surface area contributed by atoms with Gasteiger partial charge < -0.3 is 74.5 Å². The lowest BCUT2D eigenvalue weighted by molar-refractivity contribution is -0.135. The van der Waals surface area contributed by atoms with Crippen LogP contribution in [0.3, 0.4) is 0 Å². The maximum absolute atomic E-state index is 14.6. The fourth-order valence-electron chi connectivity index (χ4n) is 19.4. The average molecular weight is 1680 g/mol. The molecule has 4 aromatic rings. The van der Waals surface area contributed by atoms with Crippen molar-refractivity contribution in [1.82, 2.24) is 66.4 Å². The number of anilines is 8. The van der Waals surface area contributed by atoms with Crippen molar-refractivity contribution >= 4 is 125 Å². The van der Waals surface area contributed by atoms with Gasteiger partial charge in [-0.3, -0.25) is 64.7 Å². The molecule has 16 heterocycles. The highest BCUT2D eigenvalue weighted by Crippen LogP contribution is 2.47. The second-order valence-corrected chi connectivity index (χ2v) is 34.0. The Morgan fingerprint density at radius 1 is 0.375 bits per heavy atom. The molecule has 12 aliphatic rings. The van der Waals surface area contributed by atoms with E-state index in [9.17, 15) is 73.5 Å². The summed E-state index contributed by atoms with van der Waals surface area (Å²) in [6.45, 7) is 6.80. The molecular formula is C77H107B4F8N21O10. The van der Waals surface area contributed by atoms with Crippen LogP contribution in [0.1, 0.15) is 128 Å². The van der Waals surface area contributed by atoms with Crippen LogP contribution in [0.15, 0.2) is 39.5 Å². The fourth-order valence-corrected chi connectivity index (χ4v) is 19.4. The van der Waals surface area contributed by atoms with Crippen LogP contribution in [-0.2, 0) is 38.4 Å². The van der Waals surface area contributed by atoms with Crippen molar-refractivity contribution < 1.29 is 82.5 Å². The molecule has 0 aromatic carbocycles. The lowest BCUT2D eigenvalue weighted by Gasteiger charge is -2.44. The van der Waals surface area contributed by atoms with Gasteiger partial charge in [0.1, 0.15) is 35.8 Å². The van der Waals surface area contributed by atoms with Crippen LogP contribution < -0.4 is 62.1 Å². The van der Waals surface area contributed by atoms with Gasteiger partial charge in [0.15, 0.2) is 17.5 Å². The molecule has 16 rings (SSSR count). The van der Waals surface area contributed by atoms with Gasteiger partial charge in [0, 0.05) is 132 Å². The summed E-state index contributed by atoms with van der Waals surface area (Å²) in [6, 6.07) is 5.15. The summed E-state index contributed by atoms with van der Waals surface area (Å²) in [5.74, 6) is -11.7. The van der Waals surface area contributed by atoms with E-state index in [1.54, 1.807) is 31.7 Å². The van der Waals surface area contributed by atoms with Crippen molar-refractivity contribution in [2.75, 3.05) is 171 Å². The molecule has 43 heteroatoms. The van der Waals surface area contributed by atoms with Crippen LogP contribution in [0.25, 0.3) is 0 Å². The minimum atomic E-state index is -2.71. The Morgan fingerprint density at radius 3 is 1.10 bits per heavy atom. The SMILES string of the molecule is [B]CN1CCC(C2CCN(c3c[nH]c(NC4CCC(=O)NC4=O)c3)CC2)C(F)(F)C1.[B]CN1CCC(C2CCN(c3cc(NC4CCC(=O)NC4=O)[nH]n3)CC2)C(F)(F)C1.[B]CN1CCC(C2CCN(c3cc(NC4CCC(=O)NC4=O)no3)CC2)C(F)(F)C1.[B]CN1CCC(C2CCN(c3cc(NC4CCC(=O)NC4=O)on3)CC2)C(F)(F)C1. The molecule has 0 aliphatic carbocycles. The van der Waals surface area contributed by atoms with Crippen LogP contribution in [0, 0.1) is 47.3 Å². The Bertz CT molecular complexity index is 3650. The molecule has 31 nitrogen and oxygen atoms in total. The zero-order valence-electron chi connectivity index (χ0n) is 67.4. The summed E-state index contributed by atoms with van der Waals surface area (Å²) < 4.78 is 127. The second kappa shape index (κ2) is 39.3. The molecule has 0 spiro atoms. The predicted molar refractivity (Wildman–Crippen MR) is 432 cm³/mol. The predicted octanol–water partition coefficient (Wildman–Crippen LogP) is 4.84. The molecule has 0 bridgehead atoms. The highest BCUT2D eigenvalue weighted by atomic mass is 19.3. The van der Waals surface area contributed by atoms with Gasteiger partial charge in [-0.05, 0) is 178 Å². The van der Waals surface area contributed by atoms with Gasteiger partial charge in [-0.2, -0.15) is 5.10 Å². The standard InChI is InChI=1S/C20H28BF2N5O2.C19H27BF2N6O2.2C19H26BF2N5O3/c21-12-27-6-5-15(20(22,23)11-27)13-3-7-28(8-4-13)14-9-17(24-10-14)25-16-1-2-18(29)26-19(16)30;20-11-27-6-5-13(19(21,22)10-27)12-3-7-28(8-4-12)16-9-15(25-26-16)23-14-1-2-17(29)24-18(14)30;20-11-26-6-5-13(19(21,22)10-26)12-3-7-27(8-4-12)15-9-17(30-25-15)23-14-1-2-16(28)24-18(14)29;20-11-26-6-5-13(19(21,22)10-26)12-3-7-27(8-4-12)17-9-15(25-30-17)23-14-1-2-16(28)24-18(14)29/h9-10,13,15-16,24-25H,1-8,11-12H2,(H,26,29,30);9,12-14H,1-8,10-11H2,(H2,23,25,26)(H,24,29,30);9,12-14,23H,1-8,10-11H2,(H,24,28,29);9,12-14H,1-8,10-11H2,(H,23,25)(H,24,28,29). The van der Waals surface area contributed by atoms with Gasteiger partial charge in [-0.1, -0.05) is 10.3 Å². The second-order valence-electron chi connectivity index (χ2n) is 34.0. The number of hydrogen-bond acceptors (Lipinski definition) is 25. The number of piperidine rings is 12. The Balaban J connectivity index is 0.000000138. The summed E-state index contributed by atoms with van der Waals surface area (Å²) in [6.07, 6.45) is 12.9. The number of hydrogen-bond donors (Lipinski definition) is 10. The molecule has 648 valence electrons. The first-order valence-corrected chi connectivity index (χ1v) is 42.2. The van der Waals surface area contributed by atoms with Crippen molar-refractivity contribution in [3.8, 4) is 0 Å². The quantitative estimate of drug-likeness (QED) is 0.0321. The number of carbonyl (C=O) groups excluding carboxylic acids is 8. The molecule has 12 aliphatic heterocycles. The molecule has 12 saturated heterocycles. The maximum atomic E-state index is 14.6. The lowest BCUT2D eigenvalue weighted by atomic mass is 9.76. The Labute approximate surface area is 696 Å². The van der Waals surface area contributed by atoms with Gasteiger partial charge in [0.2, 0.25) is 59.0 Å². The minimum Gasteiger partial charge on any atom is -0.370 e. The fraction of sp³-hybridized carbons (Fsp3) is 0.727. The summed E-state index contributed by atoms with van der Waals surface area (Å²) >= 11 is 0. The topological polar surface area (TPSA) is 355 Å². The zero-order chi connectivity index (χ0) is 85.2. The van der Waals surface area contributed by atoms with Crippen LogP contribution in [0.4, 0.5) is 81.7 Å². The van der Waals surface area contributed by atoms with Crippen LogP contribution in [0.2, 0.25) is 0 Å². The third-order valence-corrected chi connectivity index (χ3v) is 26.2. The van der Waals surface area contributed by atoms with E-state index >= 15 is 0 Å². The summed E-state index contributed by atoms with van der Waals surface area (Å²) in [7, 11) is 22.2. The van der Waals surface area contributed by atoms with Gasteiger partial charge in [0.05, 0.1) is 63.3 Å². The molecule has 120 heavy (non-hydrogen) atoms. The smallest absolute Gasteiger partial charge is 0.263 e. The number of H-pyrrole nitrogens is 2. The van der Waals surface area contributed by atoms with E-state index in [1.165, 1.54) is 0 Å². The number of halogens is 8. The molecule has 8 unspecified atom stereocenters. The van der Waals surface area contributed by atoms with E-state index in [4.69, 9.17) is 40.4 Å². The number of amides is 8. The van der Waals surface area contributed by atoms with Gasteiger partial charge >= 0.3 is 0 Å². The van der Waals surface area contributed by atoms with Crippen molar-refractivity contribution in [3.63, 3.8) is 0 Å². The van der Waals surface area contributed by atoms with E-state index in [2.05, 4.69) is 77.8 Å². The number of nitrogens with one attached hydrogen (secondary N) is 10. The van der Waals surface area contributed by atoms with Crippen molar-refractivity contribution in [2.24, 2.45) is 47.3 Å². The third-order valence-electron chi connectivity index (χ3n) is 26.2. The van der Waals surface area contributed by atoms with Gasteiger partial charge in [0.25, 0.3) is 23.7 Å². The monoisotopic (exact) mass is 1680 g/mol. The van der Waals surface area contributed by atoms with E-state index in [0.29, 0.717) is 203 Å². The van der Waals surface area contributed by atoms with E-state index in [-0.39, 0.29) is 136 Å². The molecule has 10 N–H and O–H groups in total. The minimum absolute atomic E-state index is 0.00353. The molecule has 8 radical (unpaired) electrons. The Hall–Kier alpha value is -8.59. The summed E-state index contributed by atoms with van der Waals surface area (Å²) in [5.41, 5.74) is 0.980. The van der Waals surface area contributed by atoms with E-state index in [0.717, 1.165) is 37.4 Å². The maximum Gasteiger partial charge on any atom is 0.263 e. The number of nitrogens with zero attached hydrogens (tertiary/aromatic N) is 11. The first-order chi connectivity index (χ1) is 57.4. The van der Waals surface area contributed by atoms with E-state index < -0.39 is 71.5 Å². The number of imide groups is 4. The van der Waals surface area contributed by atoms with Crippen molar-refractivity contribution in [2.45, 2.75) is 176 Å². The lowest BCUT2D eigenvalue weighted by Crippen LogP contribution is -2.52. The van der Waals surface area contributed by atoms with Crippen LogP contribution in [-0.4, -0.2) is 302 Å². The first-order valence-electron chi connectivity index (χ1n) is 42.2. The molecule has 4 aromatic heterocycles. The van der Waals surface area contributed by atoms with E-state index in [1.807, 2.05) is 28.1 Å². The number of aromatic amines is 2. The molecule has 0 saturated carbocycles. The zero-order valence-corrected chi connectivity index (χ0v) is 67.4. The van der Waals surface area contributed by atoms with Crippen LogP contribution >= 0.6 is 0 Å². The summed E-state index contributed by atoms with van der Waals surface area (Å²) in [5, 5.41) is 36.5. The molecule has 8 amide bonds. The molecular weight excluding hydrogens is 1570 g/mol. The highest BCUT2D eigenvalue weighted by Gasteiger charge is 2.53. The normalized spacial score (nSPS) is 28.4. The van der Waals surface area contributed by atoms with Crippen molar-refractivity contribution in [3.05, 3.63) is 30.5 Å². The number of alkyl halides is 8. The third kappa shape index (κ3) is 22.4. The Morgan fingerprint density at radius 2 is 0.725 bits per heavy atom. The highest BCUT2D eigenvalue weighted by molar-refractivity contribution is 6.09. The van der Waals surface area contributed by atoms with Gasteiger partial charge in [-0.25, -0.2) is 35.1 Å². The Kier molecular flexibility index (Phi) is 29.2. The average Bonchev–Trinajstić information content (AvgIpc) is 1.08. The number of likely N-dealkylation sites (tertiary alicyclic amines) is 4.